The maximum absolute atomic E-state index is 12.5. The zero-order chi connectivity index (χ0) is 18.8. The number of aromatic nitrogens is 3. The topological polar surface area (TPSA) is 66.2 Å². The molecule has 4 aromatic rings. The maximum Gasteiger partial charge on any atom is 0.350 e. The molecule has 0 N–H and O–H groups in total. The fourth-order valence-electron chi connectivity index (χ4n) is 2.81. The van der Waals surface area contributed by atoms with Gasteiger partial charge in [0.15, 0.2) is 5.13 Å². The number of benzene rings is 2. The summed E-state index contributed by atoms with van der Waals surface area (Å²) >= 11 is 1.28. The molecule has 0 atom stereocenters. The van der Waals surface area contributed by atoms with E-state index in [1.54, 1.807) is 20.4 Å². The van der Waals surface area contributed by atoms with Gasteiger partial charge in [0.25, 0.3) is 0 Å². The van der Waals surface area contributed by atoms with Crippen LogP contribution in [0.3, 0.4) is 0 Å². The lowest BCUT2D eigenvalue weighted by molar-refractivity contribution is 0.0532. The quantitative estimate of drug-likeness (QED) is 0.483. The van der Waals surface area contributed by atoms with Crippen LogP contribution in [0.5, 0.6) is 5.75 Å². The van der Waals surface area contributed by atoms with Crippen LogP contribution >= 0.6 is 11.3 Å². The van der Waals surface area contributed by atoms with Gasteiger partial charge in [-0.1, -0.05) is 41.7 Å². The van der Waals surface area contributed by atoms with Crippen LogP contribution in [0.15, 0.2) is 54.9 Å². The average molecular weight is 379 g/mol. The highest BCUT2D eigenvalue weighted by Gasteiger charge is 2.22. The van der Waals surface area contributed by atoms with Crippen molar-refractivity contribution in [3.05, 3.63) is 59.7 Å². The van der Waals surface area contributed by atoms with Gasteiger partial charge in [-0.05, 0) is 19.1 Å². The minimum Gasteiger partial charge on any atom is -0.497 e. The SMILES string of the molecule is CCOC(=O)c1sc(-n2cnc3ccc(OC)cc32)nc1-c1ccccc1. The predicted molar refractivity (Wildman–Crippen MR) is 105 cm³/mol. The van der Waals surface area contributed by atoms with Gasteiger partial charge in [-0.25, -0.2) is 14.8 Å². The zero-order valence-electron chi connectivity index (χ0n) is 14.9. The Morgan fingerprint density at radius 3 is 2.74 bits per heavy atom. The highest BCUT2D eigenvalue weighted by Crippen LogP contribution is 2.33. The van der Waals surface area contributed by atoms with Crippen molar-refractivity contribution in [2.45, 2.75) is 6.92 Å². The number of thiazole rings is 1. The maximum atomic E-state index is 12.5. The van der Waals surface area contributed by atoms with Gasteiger partial charge < -0.3 is 9.47 Å². The fourth-order valence-corrected chi connectivity index (χ4v) is 3.77. The number of carbonyl (C=O) groups excluding carboxylic acids is 1. The molecule has 0 radical (unpaired) electrons. The van der Waals surface area contributed by atoms with Gasteiger partial charge in [0.2, 0.25) is 0 Å². The summed E-state index contributed by atoms with van der Waals surface area (Å²) in [6.07, 6.45) is 1.70. The van der Waals surface area contributed by atoms with Crippen molar-refractivity contribution in [2.75, 3.05) is 13.7 Å². The van der Waals surface area contributed by atoms with Gasteiger partial charge in [0.1, 0.15) is 17.0 Å². The van der Waals surface area contributed by atoms with Crippen LogP contribution in [0.1, 0.15) is 16.6 Å². The summed E-state index contributed by atoms with van der Waals surface area (Å²) in [6.45, 7) is 2.10. The Bertz CT molecular complexity index is 1100. The largest absolute Gasteiger partial charge is 0.497 e. The second-order valence-electron chi connectivity index (χ2n) is 5.73. The number of esters is 1. The Balaban J connectivity index is 1.88. The lowest BCUT2D eigenvalue weighted by Crippen LogP contribution is -2.03. The van der Waals surface area contributed by atoms with Crippen LogP contribution < -0.4 is 4.74 Å². The molecular formula is C20H17N3O3S. The van der Waals surface area contributed by atoms with Gasteiger partial charge >= 0.3 is 5.97 Å². The lowest BCUT2D eigenvalue weighted by Gasteiger charge is -2.02. The monoisotopic (exact) mass is 379 g/mol. The number of hydrogen-bond donors (Lipinski definition) is 0. The van der Waals surface area contributed by atoms with Crippen LogP contribution in [-0.4, -0.2) is 34.2 Å². The third-order valence-corrected chi connectivity index (χ3v) is 5.12. The van der Waals surface area contributed by atoms with Gasteiger partial charge in [-0.2, -0.15) is 0 Å². The summed E-state index contributed by atoms with van der Waals surface area (Å²) in [7, 11) is 1.62. The average Bonchev–Trinajstić information content (AvgIpc) is 3.32. The standard InChI is InChI=1S/C20H17N3O3S/c1-3-26-19(24)18-17(13-7-5-4-6-8-13)22-20(27-18)23-12-21-15-10-9-14(25-2)11-16(15)23/h4-12H,3H2,1-2H3. The number of nitrogens with zero attached hydrogens (tertiary/aromatic N) is 3. The molecule has 0 unspecified atom stereocenters. The Morgan fingerprint density at radius 2 is 2.00 bits per heavy atom. The first-order valence-electron chi connectivity index (χ1n) is 8.46. The van der Waals surface area contributed by atoms with Crippen LogP contribution in [0.4, 0.5) is 0 Å². The molecule has 0 spiro atoms. The first-order valence-corrected chi connectivity index (χ1v) is 9.27. The molecule has 0 aliphatic rings. The highest BCUT2D eigenvalue weighted by molar-refractivity contribution is 7.16. The van der Waals surface area contributed by atoms with Gasteiger partial charge in [0, 0.05) is 11.6 Å². The summed E-state index contributed by atoms with van der Waals surface area (Å²) in [5.41, 5.74) is 3.16. The van der Waals surface area contributed by atoms with E-state index < -0.39 is 0 Å². The first kappa shape index (κ1) is 17.2. The Morgan fingerprint density at radius 1 is 1.19 bits per heavy atom. The minimum absolute atomic E-state index is 0.311. The zero-order valence-corrected chi connectivity index (χ0v) is 15.7. The second-order valence-corrected chi connectivity index (χ2v) is 6.71. The Labute approximate surface area is 160 Å². The molecule has 7 heteroatoms. The number of carbonyl (C=O) groups is 1. The molecule has 2 heterocycles. The predicted octanol–water partition coefficient (Wildman–Crippen LogP) is 4.33. The van der Waals surface area contributed by atoms with Crippen molar-refractivity contribution in [2.24, 2.45) is 0 Å². The molecule has 2 aromatic heterocycles. The molecule has 0 aliphatic carbocycles. The number of methoxy groups -OCH3 is 1. The van der Waals surface area contributed by atoms with Crippen molar-refractivity contribution in [1.82, 2.24) is 14.5 Å². The molecule has 0 amide bonds. The Hall–Kier alpha value is -3.19. The van der Waals surface area contributed by atoms with E-state index in [0.717, 1.165) is 22.3 Å². The normalized spacial score (nSPS) is 10.9. The van der Waals surface area contributed by atoms with Crippen molar-refractivity contribution in [1.29, 1.82) is 0 Å². The molecule has 6 nitrogen and oxygen atoms in total. The van der Waals surface area contributed by atoms with Crippen LogP contribution in [-0.2, 0) is 4.74 Å². The molecule has 0 saturated carbocycles. The van der Waals surface area contributed by atoms with Gasteiger partial charge in [-0.15, -0.1) is 0 Å². The first-order chi connectivity index (χ1) is 13.2. The van der Waals surface area contributed by atoms with E-state index in [9.17, 15) is 4.79 Å². The van der Waals surface area contributed by atoms with Crippen LogP contribution in [0.25, 0.3) is 27.4 Å². The van der Waals surface area contributed by atoms with E-state index in [4.69, 9.17) is 14.5 Å². The summed E-state index contributed by atoms with van der Waals surface area (Å²) in [6, 6.07) is 15.3. The molecule has 2 aromatic carbocycles. The molecule has 0 aliphatic heterocycles. The molecule has 0 bridgehead atoms. The van der Waals surface area contributed by atoms with E-state index in [0.29, 0.717) is 22.3 Å². The van der Waals surface area contributed by atoms with Crippen molar-refractivity contribution in [3.63, 3.8) is 0 Å². The lowest BCUT2D eigenvalue weighted by atomic mass is 10.1. The van der Waals surface area contributed by atoms with E-state index in [1.165, 1.54) is 11.3 Å². The third kappa shape index (κ3) is 3.17. The van der Waals surface area contributed by atoms with Crippen molar-refractivity contribution >= 4 is 28.3 Å². The molecule has 0 saturated heterocycles. The molecule has 27 heavy (non-hydrogen) atoms. The number of ether oxygens (including phenoxy) is 2. The van der Waals surface area contributed by atoms with E-state index in [1.807, 2.05) is 53.1 Å². The van der Waals surface area contributed by atoms with E-state index in [-0.39, 0.29) is 5.97 Å². The molecule has 136 valence electrons. The smallest absolute Gasteiger partial charge is 0.350 e. The van der Waals surface area contributed by atoms with Crippen LogP contribution in [0, 0.1) is 0 Å². The number of imidazole rings is 1. The summed E-state index contributed by atoms with van der Waals surface area (Å²) in [4.78, 5) is 22.1. The highest BCUT2D eigenvalue weighted by atomic mass is 32.1. The van der Waals surface area contributed by atoms with Crippen molar-refractivity contribution < 1.29 is 14.3 Å². The van der Waals surface area contributed by atoms with E-state index >= 15 is 0 Å². The Kier molecular flexibility index (Phi) is 4.60. The summed E-state index contributed by atoms with van der Waals surface area (Å²) in [5, 5.41) is 0.646. The van der Waals surface area contributed by atoms with Crippen molar-refractivity contribution in [3.8, 4) is 22.1 Å². The fraction of sp³-hybridized carbons (Fsp3) is 0.150. The van der Waals surface area contributed by atoms with Crippen LogP contribution in [0.2, 0.25) is 0 Å². The van der Waals surface area contributed by atoms with Gasteiger partial charge in [0.05, 0.1) is 30.4 Å². The second kappa shape index (κ2) is 7.20. The molecule has 4 rings (SSSR count). The minimum atomic E-state index is -0.373. The summed E-state index contributed by atoms with van der Waals surface area (Å²) < 4.78 is 12.4. The molecule has 0 fully saturated rings. The third-order valence-electron chi connectivity index (χ3n) is 4.08. The number of rotatable bonds is 5. The van der Waals surface area contributed by atoms with E-state index in [2.05, 4.69) is 4.98 Å². The van der Waals surface area contributed by atoms with Gasteiger partial charge in [-0.3, -0.25) is 4.57 Å². The number of fused-ring (bicyclic) bond motifs is 1. The number of hydrogen-bond acceptors (Lipinski definition) is 6. The summed E-state index contributed by atoms with van der Waals surface area (Å²) in [5.74, 6) is 0.358. The molecular weight excluding hydrogens is 362 g/mol.